The Bertz CT molecular complexity index is 124. The molecule has 0 aliphatic heterocycles. The highest BCUT2D eigenvalue weighted by Crippen LogP contribution is 2.04. The van der Waals surface area contributed by atoms with E-state index in [0.29, 0.717) is 12.0 Å². The first-order chi connectivity index (χ1) is 4.63. The van der Waals surface area contributed by atoms with E-state index in [-0.39, 0.29) is 0 Å². The molecule has 1 atom stereocenters. The van der Waals surface area contributed by atoms with Crippen molar-refractivity contribution in [2.75, 3.05) is 7.11 Å². The average Bonchev–Trinajstić information content (AvgIpc) is 2.00. The molecule has 0 radical (unpaired) electrons. The topological polar surface area (TPSA) is 46.5 Å². The Kier molecular flexibility index (Phi) is 3.72. The average molecular weight is 144 g/mol. The third-order valence-electron chi connectivity index (χ3n) is 1.27. The molecule has 0 bridgehead atoms. The quantitative estimate of drug-likeness (QED) is 0.463. The van der Waals surface area contributed by atoms with E-state index in [4.69, 9.17) is 5.11 Å². The van der Waals surface area contributed by atoms with Crippen molar-refractivity contribution >= 4 is 5.97 Å². The maximum atomic E-state index is 10.6. The van der Waals surface area contributed by atoms with E-state index >= 15 is 0 Å². The fraction of sp³-hybridized carbons (Fsp3) is 0.571. The van der Waals surface area contributed by atoms with E-state index in [9.17, 15) is 4.79 Å². The summed E-state index contributed by atoms with van der Waals surface area (Å²) < 4.78 is 4.29. The Hall–Kier alpha value is -0.830. The van der Waals surface area contributed by atoms with E-state index in [0.717, 1.165) is 0 Å². The zero-order valence-electron chi connectivity index (χ0n) is 6.26. The fourth-order valence-electron chi connectivity index (χ4n) is 0.472. The minimum atomic E-state index is -1.16. The van der Waals surface area contributed by atoms with Crippen molar-refractivity contribution in [2.24, 2.45) is 0 Å². The van der Waals surface area contributed by atoms with Gasteiger partial charge in [-0.25, -0.2) is 4.79 Å². The van der Waals surface area contributed by atoms with Crippen molar-refractivity contribution in [2.45, 2.75) is 19.4 Å². The van der Waals surface area contributed by atoms with Gasteiger partial charge in [0, 0.05) is 0 Å². The van der Waals surface area contributed by atoms with Crippen LogP contribution in [-0.2, 0) is 9.53 Å². The SMILES string of the molecule is C=C(CC)C(O)C(=O)OC. The normalized spacial score (nSPS) is 12.3. The summed E-state index contributed by atoms with van der Waals surface area (Å²) in [5, 5.41) is 9.01. The number of hydrogen-bond acceptors (Lipinski definition) is 3. The smallest absolute Gasteiger partial charge is 0.339 e. The van der Waals surface area contributed by atoms with Crippen molar-refractivity contribution < 1.29 is 14.6 Å². The van der Waals surface area contributed by atoms with Crippen LogP contribution in [-0.4, -0.2) is 24.3 Å². The zero-order valence-corrected chi connectivity index (χ0v) is 6.26. The van der Waals surface area contributed by atoms with Crippen molar-refractivity contribution in [3.05, 3.63) is 12.2 Å². The summed E-state index contributed by atoms with van der Waals surface area (Å²) in [6.07, 6.45) is -0.578. The molecule has 0 aliphatic carbocycles. The van der Waals surface area contributed by atoms with Crippen LogP contribution in [0.2, 0.25) is 0 Å². The third-order valence-corrected chi connectivity index (χ3v) is 1.27. The summed E-state index contributed by atoms with van der Waals surface area (Å²) in [5.74, 6) is -0.646. The molecule has 0 rings (SSSR count). The minimum absolute atomic E-state index is 0.479. The summed E-state index contributed by atoms with van der Waals surface area (Å²) in [5.41, 5.74) is 0.479. The Morgan fingerprint density at radius 3 is 2.60 bits per heavy atom. The van der Waals surface area contributed by atoms with Crippen molar-refractivity contribution in [1.82, 2.24) is 0 Å². The number of ether oxygens (including phenoxy) is 1. The van der Waals surface area contributed by atoms with Crippen molar-refractivity contribution in [3.63, 3.8) is 0 Å². The number of carbonyl (C=O) groups excluding carboxylic acids is 1. The number of esters is 1. The summed E-state index contributed by atoms with van der Waals surface area (Å²) in [4.78, 5) is 10.6. The molecule has 0 spiro atoms. The van der Waals surface area contributed by atoms with Gasteiger partial charge in [-0.05, 0) is 12.0 Å². The molecular formula is C7H12O3. The molecule has 1 unspecified atom stereocenters. The summed E-state index contributed by atoms with van der Waals surface area (Å²) in [6.45, 7) is 5.31. The fourth-order valence-corrected chi connectivity index (χ4v) is 0.472. The second-order valence-corrected chi connectivity index (χ2v) is 1.94. The van der Waals surface area contributed by atoms with Gasteiger partial charge in [0.2, 0.25) is 0 Å². The second kappa shape index (κ2) is 4.06. The number of rotatable bonds is 3. The first kappa shape index (κ1) is 9.17. The van der Waals surface area contributed by atoms with Crippen LogP contribution in [0, 0.1) is 0 Å². The lowest BCUT2D eigenvalue weighted by molar-refractivity contribution is -0.148. The van der Waals surface area contributed by atoms with Gasteiger partial charge in [0.15, 0.2) is 6.10 Å². The highest BCUT2D eigenvalue weighted by molar-refractivity contribution is 5.77. The van der Waals surface area contributed by atoms with Crippen LogP contribution in [0.25, 0.3) is 0 Å². The Morgan fingerprint density at radius 1 is 1.80 bits per heavy atom. The van der Waals surface area contributed by atoms with Gasteiger partial charge < -0.3 is 9.84 Å². The molecule has 0 fully saturated rings. The molecule has 0 heterocycles. The van der Waals surface area contributed by atoms with Crippen LogP contribution in [0.5, 0.6) is 0 Å². The van der Waals surface area contributed by atoms with Crippen LogP contribution in [0.15, 0.2) is 12.2 Å². The molecule has 1 N–H and O–H groups in total. The van der Waals surface area contributed by atoms with Gasteiger partial charge in [0.1, 0.15) is 0 Å². The van der Waals surface area contributed by atoms with Crippen LogP contribution in [0.1, 0.15) is 13.3 Å². The summed E-state index contributed by atoms with van der Waals surface area (Å²) in [7, 11) is 1.23. The monoisotopic (exact) mass is 144 g/mol. The van der Waals surface area contributed by atoms with E-state index in [1.807, 2.05) is 6.92 Å². The van der Waals surface area contributed by atoms with Crippen LogP contribution >= 0.6 is 0 Å². The minimum Gasteiger partial charge on any atom is -0.467 e. The molecule has 0 aliphatic rings. The van der Waals surface area contributed by atoms with E-state index in [1.54, 1.807) is 0 Å². The molecule has 10 heavy (non-hydrogen) atoms. The van der Waals surface area contributed by atoms with Gasteiger partial charge in [-0.1, -0.05) is 13.5 Å². The predicted octanol–water partition coefficient (Wildman–Crippen LogP) is 0.486. The second-order valence-electron chi connectivity index (χ2n) is 1.94. The Morgan fingerprint density at radius 2 is 2.30 bits per heavy atom. The largest absolute Gasteiger partial charge is 0.467 e. The molecule has 0 amide bonds. The van der Waals surface area contributed by atoms with Crippen LogP contribution in [0.3, 0.4) is 0 Å². The molecule has 3 nitrogen and oxygen atoms in total. The number of aliphatic hydroxyl groups is 1. The molecule has 3 heteroatoms. The van der Waals surface area contributed by atoms with Crippen LogP contribution in [0.4, 0.5) is 0 Å². The first-order valence-electron chi connectivity index (χ1n) is 3.07. The number of hydrogen-bond donors (Lipinski definition) is 1. The third kappa shape index (κ3) is 2.19. The van der Waals surface area contributed by atoms with Gasteiger partial charge in [-0.3, -0.25) is 0 Å². The highest BCUT2D eigenvalue weighted by atomic mass is 16.5. The molecule has 0 aromatic rings. The Labute approximate surface area is 60.3 Å². The molecule has 0 aromatic heterocycles. The number of carbonyl (C=O) groups is 1. The predicted molar refractivity (Wildman–Crippen MR) is 37.5 cm³/mol. The lowest BCUT2D eigenvalue weighted by Crippen LogP contribution is -2.23. The number of aliphatic hydroxyl groups excluding tert-OH is 1. The summed E-state index contributed by atoms with van der Waals surface area (Å²) in [6, 6.07) is 0. The van der Waals surface area contributed by atoms with Crippen molar-refractivity contribution in [1.29, 1.82) is 0 Å². The van der Waals surface area contributed by atoms with Gasteiger partial charge in [0.05, 0.1) is 7.11 Å². The number of methoxy groups -OCH3 is 1. The lowest BCUT2D eigenvalue weighted by atomic mass is 10.1. The highest BCUT2D eigenvalue weighted by Gasteiger charge is 2.16. The standard InChI is InChI=1S/C7H12O3/c1-4-5(2)6(8)7(9)10-3/h6,8H,2,4H2,1,3H3. The molecule has 0 saturated carbocycles. The van der Waals surface area contributed by atoms with Gasteiger partial charge in [-0.15, -0.1) is 0 Å². The maximum Gasteiger partial charge on any atom is 0.339 e. The van der Waals surface area contributed by atoms with Crippen LogP contribution < -0.4 is 0 Å². The van der Waals surface area contributed by atoms with Gasteiger partial charge in [-0.2, -0.15) is 0 Å². The maximum absolute atomic E-state index is 10.6. The Balaban J connectivity index is 3.94. The zero-order chi connectivity index (χ0) is 8.15. The van der Waals surface area contributed by atoms with E-state index < -0.39 is 12.1 Å². The van der Waals surface area contributed by atoms with Crippen molar-refractivity contribution in [3.8, 4) is 0 Å². The molecule has 58 valence electrons. The first-order valence-corrected chi connectivity index (χ1v) is 3.07. The van der Waals surface area contributed by atoms with Gasteiger partial charge in [0.25, 0.3) is 0 Å². The van der Waals surface area contributed by atoms with E-state index in [1.165, 1.54) is 7.11 Å². The van der Waals surface area contributed by atoms with E-state index in [2.05, 4.69) is 11.3 Å². The summed E-state index contributed by atoms with van der Waals surface area (Å²) >= 11 is 0. The molecular weight excluding hydrogens is 132 g/mol. The van der Waals surface area contributed by atoms with Gasteiger partial charge >= 0.3 is 5.97 Å². The molecule has 0 aromatic carbocycles. The molecule has 0 saturated heterocycles. The lowest BCUT2D eigenvalue weighted by Gasteiger charge is -2.08.